The summed E-state index contributed by atoms with van der Waals surface area (Å²) in [7, 11) is 0. The van der Waals surface area contributed by atoms with Crippen molar-refractivity contribution in [3.63, 3.8) is 0 Å². The number of aromatic nitrogens is 2. The molecule has 0 unspecified atom stereocenters. The van der Waals surface area contributed by atoms with Crippen LogP contribution in [0.25, 0.3) is 22.2 Å². The minimum absolute atomic E-state index is 0. The largest absolute Gasteiger partial charge is 1.00 e. The minimum atomic E-state index is -0.953. The normalized spacial score (nSPS) is 9.77. The summed E-state index contributed by atoms with van der Waals surface area (Å²) >= 11 is 0. The van der Waals surface area contributed by atoms with Gasteiger partial charge in [0.05, 0.1) is 30.6 Å². The Morgan fingerprint density at radius 3 is 1.69 bits per heavy atom. The molecule has 2 aromatic heterocycles. The maximum absolute atomic E-state index is 11.2. The van der Waals surface area contributed by atoms with Crippen molar-refractivity contribution in [1.82, 2.24) is 9.97 Å². The van der Waals surface area contributed by atoms with Crippen LogP contribution in [0.1, 0.15) is 59.7 Å². The Morgan fingerprint density at radius 2 is 1.31 bits per heavy atom. The van der Waals surface area contributed by atoms with Crippen molar-refractivity contribution in [2.75, 3.05) is 6.61 Å². The summed E-state index contributed by atoms with van der Waals surface area (Å²) in [5, 5.41) is 27.5. The van der Waals surface area contributed by atoms with E-state index in [0.29, 0.717) is 41.8 Å². The molecule has 4 N–H and O–H groups in total. The van der Waals surface area contributed by atoms with E-state index in [-0.39, 0.29) is 97.4 Å². The van der Waals surface area contributed by atoms with Crippen molar-refractivity contribution in [3.05, 3.63) is 47.2 Å². The van der Waals surface area contributed by atoms with Crippen molar-refractivity contribution < 1.29 is 72.4 Å². The van der Waals surface area contributed by atoms with E-state index in [4.69, 9.17) is 18.7 Å². The molecular formula is C25H27LiN2O11. The molecule has 2 aromatic carbocycles. The molecule has 0 aliphatic rings. The van der Waals surface area contributed by atoms with Gasteiger partial charge in [0.25, 0.3) is 0 Å². The third-order valence-corrected chi connectivity index (χ3v) is 4.88. The van der Waals surface area contributed by atoms with E-state index in [1.165, 1.54) is 24.3 Å². The number of benzene rings is 2. The maximum Gasteiger partial charge on any atom is 1.00 e. The van der Waals surface area contributed by atoms with Crippen molar-refractivity contribution in [2.24, 2.45) is 0 Å². The molecule has 0 bridgehead atoms. The molecule has 0 saturated carbocycles. The number of oxazole rings is 2. The fourth-order valence-corrected chi connectivity index (χ4v) is 3.20. The quantitative estimate of drug-likeness (QED) is 0.152. The average molecular weight is 538 g/mol. The summed E-state index contributed by atoms with van der Waals surface area (Å²) in [5.74, 6) is -1.04. The van der Waals surface area contributed by atoms with Crippen LogP contribution in [0.15, 0.2) is 33.1 Å². The van der Waals surface area contributed by atoms with Crippen LogP contribution in [0.3, 0.4) is 0 Å². The van der Waals surface area contributed by atoms with Crippen LogP contribution in [0, 0.1) is 0 Å². The number of hydrogen-bond acceptors (Lipinski definition) is 12. The fourth-order valence-electron chi connectivity index (χ4n) is 3.20. The average Bonchev–Trinajstić information content (AvgIpc) is 3.46. The van der Waals surface area contributed by atoms with Gasteiger partial charge in [0.15, 0.2) is 35.5 Å². The standard InChI is InChI=1S/C13H13NO5.C11H9NO5.CH4.Li.H2O/c1-2-18-12(17)6-5-11-14-13-8(7-15)9(16)3-4-10(13)19-11;13-5-6-7(14)1-2-8-11(6)12-9(17-8)3-4-10(15)16;;;/h3-4,7,16H,2,5-6H2,1H3;1-2,5,14H,3-4H2,(H,15,16);1H4;;1H2/q;;;+1;/p-1. The third-order valence-electron chi connectivity index (χ3n) is 4.88. The molecule has 2 heterocycles. The number of fused-ring (bicyclic) bond motifs is 2. The fraction of sp³-hybridized carbons (Fsp3) is 0.280. The Balaban J connectivity index is 0.000000691. The molecule has 13 nitrogen and oxygen atoms in total. The van der Waals surface area contributed by atoms with Crippen molar-refractivity contribution in [1.29, 1.82) is 0 Å². The van der Waals surface area contributed by atoms with Crippen LogP contribution in [-0.4, -0.2) is 61.9 Å². The van der Waals surface area contributed by atoms with Crippen molar-refractivity contribution in [3.8, 4) is 11.5 Å². The number of esters is 1. The minimum Gasteiger partial charge on any atom is -0.870 e. The van der Waals surface area contributed by atoms with E-state index in [1.54, 1.807) is 6.92 Å². The summed E-state index contributed by atoms with van der Waals surface area (Å²) in [5.41, 5.74) is 1.44. The Hall–Kier alpha value is -4.18. The molecule has 0 aliphatic carbocycles. The van der Waals surface area contributed by atoms with Gasteiger partial charge in [-0.15, -0.1) is 0 Å². The Kier molecular flexibility index (Phi) is 14.2. The van der Waals surface area contributed by atoms with Crippen LogP contribution < -0.4 is 18.9 Å². The second-order valence-corrected chi connectivity index (χ2v) is 7.34. The summed E-state index contributed by atoms with van der Waals surface area (Å²) in [6.45, 7) is 2.06. The number of phenols is 2. The molecule has 0 amide bonds. The van der Waals surface area contributed by atoms with Gasteiger partial charge >= 0.3 is 30.8 Å². The second-order valence-electron chi connectivity index (χ2n) is 7.34. The van der Waals surface area contributed by atoms with E-state index in [2.05, 4.69) is 9.97 Å². The first kappa shape index (κ1) is 34.8. The zero-order valence-corrected chi connectivity index (χ0v) is 20.5. The predicted molar refractivity (Wildman–Crippen MR) is 132 cm³/mol. The van der Waals surface area contributed by atoms with Gasteiger partial charge < -0.3 is 34.4 Å². The van der Waals surface area contributed by atoms with Gasteiger partial charge in [-0.3, -0.25) is 19.2 Å². The number of aromatic hydroxyl groups is 2. The Labute approximate surface area is 234 Å². The molecule has 39 heavy (non-hydrogen) atoms. The van der Waals surface area contributed by atoms with E-state index >= 15 is 0 Å². The first-order valence-corrected chi connectivity index (χ1v) is 10.8. The first-order chi connectivity index (χ1) is 17.3. The molecule has 0 atom stereocenters. The third kappa shape index (κ3) is 8.68. The number of aliphatic carboxylic acids is 1. The number of carboxylic acids is 1. The van der Waals surface area contributed by atoms with Crippen molar-refractivity contribution in [2.45, 2.75) is 40.0 Å². The Bertz CT molecular complexity index is 1430. The van der Waals surface area contributed by atoms with Crippen LogP contribution in [0.5, 0.6) is 11.5 Å². The van der Waals surface area contributed by atoms with Crippen LogP contribution in [0.2, 0.25) is 0 Å². The first-order valence-electron chi connectivity index (χ1n) is 10.8. The molecule has 0 aliphatic heterocycles. The zero-order chi connectivity index (χ0) is 26.2. The number of ether oxygens (including phenoxy) is 1. The van der Waals surface area contributed by atoms with E-state index in [0.717, 1.165) is 0 Å². The molecule has 0 radical (unpaired) electrons. The number of aryl methyl sites for hydroxylation is 2. The molecule has 4 rings (SSSR count). The summed E-state index contributed by atoms with van der Waals surface area (Å²) in [4.78, 5) is 51.4. The summed E-state index contributed by atoms with van der Waals surface area (Å²) in [6.07, 6.45) is 1.49. The number of phenolic OH excluding ortho intramolecular Hbond substituents is 2. The number of carbonyl (C=O) groups is 4. The van der Waals surface area contributed by atoms with Gasteiger partial charge in [-0.05, 0) is 31.2 Å². The number of hydrogen-bond donors (Lipinski definition) is 3. The van der Waals surface area contributed by atoms with Gasteiger partial charge in [0, 0.05) is 12.8 Å². The monoisotopic (exact) mass is 538 g/mol. The SMILES string of the molecule is C.CCOC(=O)CCc1nc2c(C=O)c(O)ccc2o1.O=Cc1c(O)ccc2oc(CCC(=O)O)nc12.[Li+].[OH-]. The van der Waals surface area contributed by atoms with Gasteiger partial charge in [-0.2, -0.15) is 0 Å². The van der Waals surface area contributed by atoms with E-state index in [9.17, 15) is 29.4 Å². The van der Waals surface area contributed by atoms with Gasteiger partial charge in [-0.1, -0.05) is 7.43 Å². The summed E-state index contributed by atoms with van der Waals surface area (Å²) in [6, 6.07) is 5.71. The number of nitrogens with zero attached hydrogens (tertiary/aromatic N) is 2. The van der Waals surface area contributed by atoms with Crippen LogP contribution in [0.4, 0.5) is 0 Å². The Morgan fingerprint density at radius 1 is 0.872 bits per heavy atom. The molecule has 0 saturated heterocycles. The number of rotatable bonds is 9. The topological polar surface area (TPSA) is 220 Å². The smallest absolute Gasteiger partial charge is 0.870 e. The number of carbonyl (C=O) groups excluding carboxylic acids is 3. The van der Waals surface area contributed by atoms with Gasteiger partial charge in [0.1, 0.15) is 22.5 Å². The molecule has 0 spiro atoms. The molecular weight excluding hydrogens is 511 g/mol. The molecule has 14 heteroatoms. The summed E-state index contributed by atoms with van der Waals surface area (Å²) < 4.78 is 15.5. The molecule has 0 fully saturated rings. The zero-order valence-electron chi connectivity index (χ0n) is 20.5. The van der Waals surface area contributed by atoms with Crippen molar-refractivity contribution >= 4 is 46.7 Å². The number of aldehydes is 2. The van der Waals surface area contributed by atoms with Crippen LogP contribution in [-0.2, 0) is 27.2 Å². The van der Waals surface area contributed by atoms with E-state index in [1.807, 2.05) is 0 Å². The van der Waals surface area contributed by atoms with Crippen LogP contribution >= 0.6 is 0 Å². The second kappa shape index (κ2) is 15.9. The molecule has 204 valence electrons. The van der Waals surface area contributed by atoms with Gasteiger partial charge in [0.2, 0.25) is 0 Å². The predicted octanol–water partition coefficient (Wildman–Crippen LogP) is 0.668. The van der Waals surface area contributed by atoms with Gasteiger partial charge in [-0.25, -0.2) is 9.97 Å². The molecule has 4 aromatic rings. The maximum atomic E-state index is 11.2. The number of carboxylic acid groups (broad SMARTS) is 1. The van der Waals surface area contributed by atoms with E-state index < -0.39 is 5.97 Å².